The van der Waals surface area contributed by atoms with Gasteiger partial charge < -0.3 is 10.5 Å². The summed E-state index contributed by atoms with van der Waals surface area (Å²) in [5.41, 5.74) is 4.07. The number of rotatable bonds is 3. The van der Waals surface area contributed by atoms with Gasteiger partial charge in [0.2, 0.25) is 0 Å². The number of carbonyl (C=O) groups excluding carboxylic acids is 1. The van der Waals surface area contributed by atoms with Gasteiger partial charge in [0.15, 0.2) is 0 Å². The number of hydrogen-bond donors (Lipinski definition) is 1. The van der Waals surface area contributed by atoms with Gasteiger partial charge in [0.25, 0.3) is 0 Å². The minimum Gasteiger partial charge on any atom is -0.468 e. The van der Waals surface area contributed by atoms with E-state index in [4.69, 9.17) is 5.73 Å². The second-order valence-corrected chi connectivity index (χ2v) is 3.20. The molecule has 0 spiro atoms. The Labute approximate surface area is 72.1 Å². The first kappa shape index (κ1) is 11.4. The van der Waals surface area contributed by atoms with Crippen LogP contribution in [0.5, 0.6) is 0 Å². The number of esters is 1. The fraction of sp³-hybridized carbons (Fsp3) is 0.875. The first-order valence-corrected chi connectivity index (χ1v) is 3.88. The van der Waals surface area contributed by atoms with Crippen molar-refractivity contribution < 1.29 is 13.9 Å². The highest BCUT2D eigenvalue weighted by Gasteiger charge is 2.44. The number of carbonyl (C=O) groups is 1. The molecular formula is C8H16FNO2. The Morgan fingerprint density at radius 1 is 1.50 bits per heavy atom. The van der Waals surface area contributed by atoms with E-state index in [1.807, 2.05) is 0 Å². The molecule has 0 aromatic rings. The summed E-state index contributed by atoms with van der Waals surface area (Å²) < 4.78 is 17.4. The monoisotopic (exact) mass is 177 g/mol. The summed E-state index contributed by atoms with van der Waals surface area (Å²) in [6.07, 6.45) is -1.41. The molecule has 0 saturated carbocycles. The van der Waals surface area contributed by atoms with Crippen molar-refractivity contribution in [3.63, 3.8) is 0 Å². The predicted molar refractivity (Wildman–Crippen MR) is 44.3 cm³/mol. The van der Waals surface area contributed by atoms with Crippen LogP contribution in [0.15, 0.2) is 0 Å². The zero-order chi connectivity index (χ0) is 9.94. The molecular weight excluding hydrogens is 161 g/mol. The lowest BCUT2D eigenvalue weighted by Crippen LogP contribution is -2.59. The van der Waals surface area contributed by atoms with Crippen LogP contribution in [-0.2, 0) is 9.53 Å². The van der Waals surface area contributed by atoms with Gasteiger partial charge >= 0.3 is 5.97 Å². The van der Waals surface area contributed by atoms with Gasteiger partial charge in [-0.3, -0.25) is 0 Å². The Kier molecular flexibility index (Phi) is 3.64. The summed E-state index contributed by atoms with van der Waals surface area (Å²) in [5.74, 6) is -0.988. The molecule has 72 valence electrons. The van der Waals surface area contributed by atoms with Crippen LogP contribution >= 0.6 is 0 Å². The zero-order valence-corrected chi connectivity index (χ0v) is 7.93. The lowest BCUT2D eigenvalue weighted by atomic mass is 9.84. The first-order chi connectivity index (χ1) is 5.37. The number of hydrogen-bond acceptors (Lipinski definition) is 3. The van der Waals surface area contributed by atoms with Crippen molar-refractivity contribution in [1.29, 1.82) is 0 Å². The third-order valence-corrected chi connectivity index (χ3v) is 2.15. The van der Waals surface area contributed by atoms with Crippen LogP contribution in [0.2, 0.25) is 0 Å². The molecule has 0 bridgehead atoms. The van der Waals surface area contributed by atoms with Crippen molar-refractivity contribution in [3.05, 3.63) is 0 Å². The predicted octanol–water partition coefficient (Wildman–Crippen LogP) is 0.871. The van der Waals surface area contributed by atoms with Crippen molar-refractivity contribution in [1.82, 2.24) is 0 Å². The smallest absolute Gasteiger partial charge is 0.329 e. The summed E-state index contributed by atoms with van der Waals surface area (Å²) in [7, 11) is 1.20. The minimum atomic E-state index is -1.52. The second kappa shape index (κ2) is 3.85. The van der Waals surface area contributed by atoms with E-state index in [1.54, 1.807) is 13.8 Å². The molecule has 0 heterocycles. The van der Waals surface area contributed by atoms with E-state index in [1.165, 1.54) is 14.0 Å². The highest BCUT2D eigenvalue weighted by Crippen LogP contribution is 2.22. The van der Waals surface area contributed by atoms with Crippen LogP contribution in [-0.4, -0.2) is 24.8 Å². The molecule has 2 atom stereocenters. The van der Waals surface area contributed by atoms with E-state index in [9.17, 15) is 9.18 Å². The van der Waals surface area contributed by atoms with E-state index >= 15 is 0 Å². The lowest BCUT2D eigenvalue weighted by molar-refractivity contribution is -0.151. The molecule has 0 amide bonds. The molecule has 2 N–H and O–H groups in total. The van der Waals surface area contributed by atoms with Gasteiger partial charge in [-0.05, 0) is 12.8 Å². The molecule has 2 unspecified atom stereocenters. The number of nitrogens with two attached hydrogens (primary N) is 1. The van der Waals surface area contributed by atoms with Gasteiger partial charge in [-0.1, -0.05) is 13.8 Å². The summed E-state index contributed by atoms with van der Waals surface area (Å²) >= 11 is 0. The molecule has 0 radical (unpaired) electrons. The lowest BCUT2D eigenvalue weighted by Gasteiger charge is -2.31. The van der Waals surface area contributed by atoms with E-state index in [0.29, 0.717) is 0 Å². The average molecular weight is 177 g/mol. The third kappa shape index (κ3) is 1.75. The van der Waals surface area contributed by atoms with E-state index in [2.05, 4.69) is 4.74 Å². The second-order valence-electron chi connectivity index (χ2n) is 3.20. The van der Waals surface area contributed by atoms with Gasteiger partial charge in [0.1, 0.15) is 11.7 Å². The van der Waals surface area contributed by atoms with Crippen molar-refractivity contribution >= 4 is 5.97 Å². The van der Waals surface area contributed by atoms with E-state index < -0.39 is 17.7 Å². The Hall–Kier alpha value is -0.640. The van der Waals surface area contributed by atoms with Gasteiger partial charge in [-0.15, -0.1) is 0 Å². The Morgan fingerprint density at radius 3 is 2.00 bits per heavy atom. The average Bonchev–Trinajstić information content (AvgIpc) is 2.00. The maximum absolute atomic E-state index is 13.0. The van der Waals surface area contributed by atoms with Crippen LogP contribution in [0.4, 0.5) is 4.39 Å². The van der Waals surface area contributed by atoms with Crippen LogP contribution in [0.1, 0.15) is 20.8 Å². The fourth-order valence-corrected chi connectivity index (χ4v) is 1.03. The molecule has 0 aliphatic heterocycles. The number of alkyl halides is 1. The molecule has 0 aromatic carbocycles. The Bertz CT molecular complexity index is 160. The highest BCUT2D eigenvalue weighted by molar-refractivity contribution is 5.81. The zero-order valence-electron chi connectivity index (χ0n) is 7.93. The van der Waals surface area contributed by atoms with Gasteiger partial charge in [0, 0.05) is 0 Å². The van der Waals surface area contributed by atoms with Gasteiger partial charge in [0.05, 0.1) is 7.11 Å². The van der Waals surface area contributed by atoms with Gasteiger partial charge in [-0.25, -0.2) is 9.18 Å². The molecule has 0 rings (SSSR count). The summed E-state index contributed by atoms with van der Waals surface area (Å²) in [4.78, 5) is 11.1. The molecule has 0 saturated heterocycles. The van der Waals surface area contributed by atoms with Crippen LogP contribution in [0.25, 0.3) is 0 Å². The number of methoxy groups -OCH3 is 1. The topological polar surface area (TPSA) is 52.3 Å². The maximum atomic E-state index is 13.0. The van der Waals surface area contributed by atoms with Crippen LogP contribution in [0.3, 0.4) is 0 Å². The number of halogens is 1. The summed E-state index contributed by atoms with van der Waals surface area (Å²) in [6, 6.07) is 0. The van der Waals surface area contributed by atoms with Crippen LogP contribution in [0, 0.1) is 5.92 Å². The van der Waals surface area contributed by atoms with Crippen molar-refractivity contribution in [2.24, 2.45) is 11.7 Å². The van der Waals surface area contributed by atoms with Crippen molar-refractivity contribution in [2.45, 2.75) is 32.5 Å². The molecule has 0 fully saturated rings. The van der Waals surface area contributed by atoms with E-state index in [-0.39, 0.29) is 5.92 Å². The molecule has 0 aliphatic rings. The van der Waals surface area contributed by atoms with E-state index in [0.717, 1.165) is 0 Å². The van der Waals surface area contributed by atoms with Crippen LogP contribution < -0.4 is 5.73 Å². The quantitative estimate of drug-likeness (QED) is 0.651. The molecule has 4 heteroatoms. The molecule has 0 aromatic heterocycles. The highest BCUT2D eigenvalue weighted by atomic mass is 19.1. The minimum absolute atomic E-state index is 0.287. The summed E-state index contributed by atoms with van der Waals surface area (Å²) in [5, 5.41) is 0. The SMILES string of the molecule is COC(=O)C(N)(C(C)C)C(C)F. The molecule has 12 heavy (non-hydrogen) atoms. The Balaban J connectivity index is 4.74. The fourth-order valence-electron chi connectivity index (χ4n) is 1.03. The maximum Gasteiger partial charge on any atom is 0.329 e. The first-order valence-electron chi connectivity index (χ1n) is 3.88. The molecule has 0 aliphatic carbocycles. The summed E-state index contributed by atoms with van der Waals surface area (Å²) in [6.45, 7) is 4.64. The molecule has 3 nitrogen and oxygen atoms in total. The van der Waals surface area contributed by atoms with Gasteiger partial charge in [-0.2, -0.15) is 0 Å². The third-order valence-electron chi connectivity index (χ3n) is 2.15. The normalized spacial score (nSPS) is 18.6. The van der Waals surface area contributed by atoms with Crippen molar-refractivity contribution in [3.8, 4) is 0 Å². The van der Waals surface area contributed by atoms with Crippen molar-refractivity contribution in [2.75, 3.05) is 7.11 Å². The Morgan fingerprint density at radius 2 is 1.92 bits per heavy atom. The standard InChI is InChI=1S/C8H16FNO2/c1-5(2)8(10,6(3)9)7(11)12-4/h5-6H,10H2,1-4H3. The largest absolute Gasteiger partial charge is 0.468 e. The number of ether oxygens (including phenoxy) is 1.